The van der Waals surface area contributed by atoms with Crippen LogP contribution < -0.4 is 14.8 Å². The zero-order valence-electron chi connectivity index (χ0n) is 16.8. The monoisotopic (exact) mass is 390 g/mol. The summed E-state index contributed by atoms with van der Waals surface area (Å²) >= 11 is 0. The Morgan fingerprint density at radius 3 is 2.52 bits per heavy atom. The van der Waals surface area contributed by atoms with E-state index in [0.29, 0.717) is 18.0 Å². The molecule has 29 heavy (non-hydrogen) atoms. The number of quaternary nitrogens is 1. The fraction of sp³-hybridized carbons (Fsp3) is 0.455. The molecule has 1 aromatic carbocycles. The number of nitriles is 3. The quantitative estimate of drug-likeness (QED) is 0.758. The average Bonchev–Trinajstić information content (AvgIpc) is 2.73. The van der Waals surface area contributed by atoms with Crippen molar-refractivity contribution in [3.63, 3.8) is 0 Å². The summed E-state index contributed by atoms with van der Waals surface area (Å²) in [6.45, 7) is 5.21. The van der Waals surface area contributed by atoms with E-state index in [1.54, 1.807) is 19.2 Å². The minimum atomic E-state index is -1.71. The van der Waals surface area contributed by atoms with E-state index in [2.05, 4.69) is 23.5 Å². The average molecular weight is 390 g/mol. The van der Waals surface area contributed by atoms with Crippen LogP contribution in [0.5, 0.6) is 11.5 Å². The van der Waals surface area contributed by atoms with Crippen LogP contribution in [0.2, 0.25) is 0 Å². The van der Waals surface area contributed by atoms with Crippen LogP contribution >= 0.6 is 0 Å². The van der Waals surface area contributed by atoms with E-state index in [9.17, 15) is 15.8 Å². The van der Waals surface area contributed by atoms with E-state index in [4.69, 9.17) is 14.9 Å². The van der Waals surface area contributed by atoms with Gasteiger partial charge in [-0.25, -0.2) is 0 Å². The standard InChI is InChI=1S/C22H23N5O2/c1-13(2)29-18-5-4-14(8-19(18)28-3)20-17-10-27-7-6-15(17)16(9-23)21(26)22(20,11-24)12-25/h4-6,8,13,16-17,20,26-27H,7,10H2,1-3H3/p+1/t16-,17-,20-/m0/s1. The van der Waals surface area contributed by atoms with Crippen molar-refractivity contribution < 1.29 is 14.8 Å². The molecule has 0 saturated heterocycles. The maximum Gasteiger partial charge on any atom is 0.189 e. The summed E-state index contributed by atoms with van der Waals surface area (Å²) in [7, 11) is 1.54. The smallest absolute Gasteiger partial charge is 0.189 e. The van der Waals surface area contributed by atoms with Crippen LogP contribution in [-0.4, -0.2) is 32.0 Å². The maximum atomic E-state index is 10.0. The second-order valence-corrected chi connectivity index (χ2v) is 7.63. The molecular formula is C22H24N5O2+. The number of nitrogens with zero attached hydrogens (tertiary/aromatic N) is 3. The molecule has 0 aromatic heterocycles. The van der Waals surface area contributed by atoms with Crippen molar-refractivity contribution in [2.45, 2.75) is 25.9 Å². The number of rotatable bonds is 4. The molecule has 7 nitrogen and oxygen atoms in total. The highest BCUT2D eigenvalue weighted by molar-refractivity contribution is 6.00. The molecule has 3 N–H and O–H groups in total. The molecule has 1 aliphatic heterocycles. The SMILES string of the molecule is COc1cc([C@H]2[C@H]3C[NH2+]CC=C3[C@H](C#N)C(=N)C2(C#N)C#N)ccc1OC(C)C. The number of methoxy groups -OCH3 is 1. The molecule has 3 rings (SSSR count). The largest absolute Gasteiger partial charge is 0.493 e. The summed E-state index contributed by atoms with van der Waals surface area (Å²) < 4.78 is 11.3. The number of nitrogens with one attached hydrogen (secondary N) is 1. The van der Waals surface area contributed by atoms with E-state index >= 15 is 0 Å². The van der Waals surface area contributed by atoms with Gasteiger partial charge >= 0.3 is 0 Å². The fourth-order valence-corrected chi connectivity index (χ4v) is 4.44. The molecule has 0 spiro atoms. The lowest BCUT2D eigenvalue weighted by Crippen LogP contribution is -2.87. The molecule has 7 heteroatoms. The van der Waals surface area contributed by atoms with Gasteiger partial charge in [0.15, 0.2) is 16.9 Å². The van der Waals surface area contributed by atoms with Gasteiger partial charge in [-0.3, -0.25) is 0 Å². The molecule has 1 aliphatic carbocycles. The lowest BCUT2D eigenvalue weighted by Gasteiger charge is -2.44. The third-order valence-corrected chi connectivity index (χ3v) is 5.68. The van der Waals surface area contributed by atoms with Crippen molar-refractivity contribution in [2.75, 3.05) is 20.2 Å². The molecule has 1 aromatic rings. The van der Waals surface area contributed by atoms with Crippen LogP contribution in [0.1, 0.15) is 25.3 Å². The molecule has 0 unspecified atom stereocenters. The highest BCUT2D eigenvalue weighted by atomic mass is 16.5. The van der Waals surface area contributed by atoms with Gasteiger partial charge in [-0.1, -0.05) is 6.07 Å². The molecule has 1 heterocycles. The van der Waals surface area contributed by atoms with Crippen molar-refractivity contribution in [3.05, 3.63) is 35.4 Å². The molecule has 0 radical (unpaired) electrons. The van der Waals surface area contributed by atoms with Gasteiger partial charge in [-0.15, -0.1) is 0 Å². The second-order valence-electron chi connectivity index (χ2n) is 7.63. The van der Waals surface area contributed by atoms with E-state index in [0.717, 1.165) is 17.7 Å². The van der Waals surface area contributed by atoms with Crippen molar-refractivity contribution in [1.29, 1.82) is 21.2 Å². The van der Waals surface area contributed by atoms with Gasteiger partial charge in [-0.2, -0.15) is 15.8 Å². The summed E-state index contributed by atoms with van der Waals surface area (Å²) in [5, 5.41) is 40.5. The maximum absolute atomic E-state index is 10.0. The number of hydrogen-bond acceptors (Lipinski definition) is 6. The van der Waals surface area contributed by atoms with Crippen molar-refractivity contribution in [3.8, 4) is 29.7 Å². The van der Waals surface area contributed by atoms with Crippen LogP contribution in [0.15, 0.2) is 29.8 Å². The van der Waals surface area contributed by atoms with Crippen molar-refractivity contribution >= 4 is 5.71 Å². The first-order valence-electron chi connectivity index (χ1n) is 9.60. The van der Waals surface area contributed by atoms with Crippen molar-refractivity contribution in [1.82, 2.24) is 0 Å². The van der Waals surface area contributed by atoms with E-state index in [-0.39, 0.29) is 17.7 Å². The summed E-state index contributed by atoms with van der Waals surface area (Å²) in [5.41, 5.74) is -0.277. The predicted molar refractivity (Wildman–Crippen MR) is 105 cm³/mol. The van der Waals surface area contributed by atoms with Crippen LogP contribution in [0, 0.1) is 56.7 Å². The Morgan fingerprint density at radius 1 is 1.21 bits per heavy atom. The van der Waals surface area contributed by atoms with Crippen LogP contribution in [0.25, 0.3) is 0 Å². The van der Waals surface area contributed by atoms with Gasteiger partial charge in [0, 0.05) is 11.8 Å². The Bertz CT molecular complexity index is 962. The molecule has 0 bridgehead atoms. The zero-order valence-corrected chi connectivity index (χ0v) is 16.8. The highest BCUT2D eigenvalue weighted by Gasteiger charge is 2.58. The van der Waals surface area contributed by atoms with Crippen molar-refractivity contribution in [2.24, 2.45) is 17.3 Å². The lowest BCUT2D eigenvalue weighted by atomic mass is 9.54. The van der Waals surface area contributed by atoms with Gasteiger partial charge < -0.3 is 20.2 Å². The van der Waals surface area contributed by atoms with E-state index in [1.807, 2.05) is 26.0 Å². The third kappa shape index (κ3) is 3.23. The normalized spacial score (nSPS) is 25.1. The molecule has 3 atom stereocenters. The topological polar surface area (TPSA) is 130 Å². The molecule has 2 aliphatic rings. The molecule has 1 fully saturated rings. The van der Waals surface area contributed by atoms with Gasteiger partial charge in [0.25, 0.3) is 0 Å². The Morgan fingerprint density at radius 2 is 1.93 bits per heavy atom. The van der Waals surface area contributed by atoms with Crippen LogP contribution in [-0.2, 0) is 0 Å². The van der Waals surface area contributed by atoms with Crippen LogP contribution in [0.3, 0.4) is 0 Å². The number of benzene rings is 1. The van der Waals surface area contributed by atoms with Gasteiger partial charge in [0.2, 0.25) is 0 Å². The van der Waals surface area contributed by atoms with Gasteiger partial charge in [-0.05, 0) is 43.2 Å². The Labute approximate surface area is 170 Å². The fourth-order valence-electron chi connectivity index (χ4n) is 4.44. The summed E-state index contributed by atoms with van der Waals surface area (Å²) in [5.74, 6) is -0.504. The first-order valence-corrected chi connectivity index (χ1v) is 9.60. The first-order chi connectivity index (χ1) is 13.9. The number of ether oxygens (including phenoxy) is 2. The van der Waals surface area contributed by atoms with E-state index in [1.165, 1.54) is 0 Å². The Hall–Kier alpha value is -3.34. The molecule has 1 saturated carbocycles. The Balaban J connectivity index is 2.20. The second kappa shape index (κ2) is 7.95. The molecular weight excluding hydrogens is 366 g/mol. The van der Waals surface area contributed by atoms with E-state index < -0.39 is 17.3 Å². The number of fused-ring (bicyclic) bond motifs is 1. The number of hydrogen-bond donors (Lipinski definition) is 2. The summed E-state index contributed by atoms with van der Waals surface area (Å²) in [4.78, 5) is 0. The first kappa shape index (κ1) is 20.4. The van der Waals surface area contributed by atoms with Gasteiger partial charge in [0.05, 0.1) is 50.2 Å². The molecule has 0 amide bonds. The Kier molecular flexibility index (Phi) is 5.59. The lowest BCUT2D eigenvalue weighted by molar-refractivity contribution is -0.654. The predicted octanol–water partition coefficient (Wildman–Crippen LogP) is 1.89. The third-order valence-electron chi connectivity index (χ3n) is 5.68. The number of nitrogens with two attached hydrogens (primary N) is 1. The molecule has 148 valence electrons. The zero-order chi connectivity index (χ0) is 21.2. The summed E-state index contributed by atoms with van der Waals surface area (Å²) in [6, 6.07) is 11.7. The summed E-state index contributed by atoms with van der Waals surface area (Å²) in [6.07, 6.45) is 1.93. The van der Waals surface area contributed by atoms with Gasteiger partial charge in [0.1, 0.15) is 5.92 Å². The van der Waals surface area contributed by atoms with Crippen LogP contribution in [0.4, 0.5) is 0 Å². The minimum absolute atomic E-state index is 0.0335. The minimum Gasteiger partial charge on any atom is -0.493 e. The highest BCUT2D eigenvalue weighted by Crippen LogP contribution is 2.53.